The van der Waals surface area contributed by atoms with E-state index in [1.165, 1.54) is 0 Å². The Morgan fingerprint density at radius 2 is 1.88 bits per heavy atom. The lowest BCUT2D eigenvalue weighted by atomic mass is 10.1. The molecule has 0 radical (unpaired) electrons. The van der Waals surface area contributed by atoms with Crippen LogP contribution in [0.4, 0.5) is 24.8 Å². The van der Waals surface area contributed by atoms with E-state index in [9.17, 15) is 18.3 Å². The molecule has 0 spiro atoms. The minimum Gasteiger partial charge on any atom is -0.508 e. The Kier molecular flexibility index (Phi) is 3.69. The summed E-state index contributed by atoms with van der Waals surface area (Å²) in [6, 6.07) is 12.2. The quantitative estimate of drug-likeness (QED) is 0.411. The molecule has 4 nitrogen and oxygen atoms in total. The number of nitrogens with one attached hydrogen (secondary N) is 2. The Morgan fingerprint density at radius 1 is 1.08 bits per heavy atom. The van der Waals surface area contributed by atoms with E-state index >= 15 is 0 Å². The zero-order valence-corrected chi connectivity index (χ0v) is 13.8. The highest BCUT2D eigenvalue weighted by Gasteiger charge is 2.31. The predicted octanol–water partition coefficient (Wildman–Crippen LogP) is 5.84. The molecule has 132 valence electrons. The van der Waals surface area contributed by atoms with Crippen LogP contribution in [0.15, 0.2) is 48.5 Å². The first kappa shape index (κ1) is 16.5. The van der Waals surface area contributed by atoms with Crippen molar-refractivity contribution in [3.8, 4) is 5.75 Å². The highest BCUT2D eigenvalue weighted by Crippen LogP contribution is 2.35. The van der Waals surface area contributed by atoms with Crippen molar-refractivity contribution in [3.05, 3.63) is 59.1 Å². The molecule has 0 fully saturated rings. The number of aromatic nitrogens is 2. The minimum atomic E-state index is -4.50. The van der Waals surface area contributed by atoms with E-state index in [-0.39, 0.29) is 27.8 Å². The molecule has 0 unspecified atom stereocenters. The van der Waals surface area contributed by atoms with Gasteiger partial charge in [0.2, 0.25) is 5.95 Å². The molecule has 0 saturated carbocycles. The van der Waals surface area contributed by atoms with Gasteiger partial charge in [0.1, 0.15) is 11.3 Å². The van der Waals surface area contributed by atoms with Gasteiger partial charge in [0.05, 0.1) is 16.1 Å². The van der Waals surface area contributed by atoms with E-state index in [0.29, 0.717) is 5.69 Å². The van der Waals surface area contributed by atoms with Gasteiger partial charge in [0.15, 0.2) is 0 Å². The van der Waals surface area contributed by atoms with E-state index < -0.39 is 11.7 Å². The lowest BCUT2D eigenvalue weighted by Gasteiger charge is -2.07. The Labute approximate surface area is 150 Å². The Balaban J connectivity index is 1.79. The fourth-order valence-electron chi connectivity index (χ4n) is 2.80. The summed E-state index contributed by atoms with van der Waals surface area (Å²) in [7, 11) is 0. The highest BCUT2D eigenvalue weighted by atomic mass is 35.5. The highest BCUT2D eigenvalue weighted by molar-refractivity contribution is 6.35. The van der Waals surface area contributed by atoms with Crippen LogP contribution in [-0.4, -0.2) is 15.1 Å². The number of phenolic OH excluding ortho intramolecular Hbond substituents is 1. The van der Waals surface area contributed by atoms with Crippen LogP contribution in [0.3, 0.4) is 0 Å². The zero-order valence-electron chi connectivity index (χ0n) is 13.0. The van der Waals surface area contributed by atoms with Crippen molar-refractivity contribution in [2.75, 3.05) is 5.32 Å². The number of benzene rings is 3. The number of anilines is 2. The lowest BCUT2D eigenvalue weighted by molar-refractivity contribution is -0.137. The summed E-state index contributed by atoms with van der Waals surface area (Å²) in [6.07, 6.45) is -4.50. The standard InChI is InChI=1S/C18H11ClF3N3O/c19-13-6-10(18(20,21)22)7-15-16(13)25-17(24-15)23-14-3-1-2-9-4-5-11(26)8-12(9)14/h1-8,26H,(H2,23,24,25). The smallest absolute Gasteiger partial charge is 0.416 e. The van der Waals surface area contributed by atoms with Gasteiger partial charge in [-0.15, -0.1) is 0 Å². The summed E-state index contributed by atoms with van der Waals surface area (Å²) in [5, 5.41) is 14.3. The van der Waals surface area contributed by atoms with Crippen molar-refractivity contribution in [1.82, 2.24) is 9.97 Å². The summed E-state index contributed by atoms with van der Waals surface area (Å²) in [5.41, 5.74) is 0.213. The molecule has 1 aromatic heterocycles. The fourth-order valence-corrected chi connectivity index (χ4v) is 3.06. The number of phenols is 1. The molecule has 0 aliphatic heterocycles. The number of hydrogen-bond acceptors (Lipinski definition) is 3. The molecule has 1 heterocycles. The summed E-state index contributed by atoms with van der Waals surface area (Å²) in [5.74, 6) is 0.353. The molecule has 0 aliphatic rings. The number of aromatic amines is 1. The third-order valence-electron chi connectivity index (χ3n) is 3.99. The Bertz CT molecular complexity index is 1140. The molecule has 3 N–H and O–H groups in total. The molecule has 8 heteroatoms. The van der Waals surface area contributed by atoms with Crippen molar-refractivity contribution >= 4 is 45.0 Å². The van der Waals surface area contributed by atoms with Gasteiger partial charge in [0, 0.05) is 11.1 Å². The Hall–Kier alpha value is -2.93. The number of rotatable bonds is 2. The summed E-state index contributed by atoms with van der Waals surface area (Å²) >= 11 is 5.96. The lowest BCUT2D eigenvalue weighted by Crippen LogP contribution is -2.04. The molecule has 3 aromatic carbocycles. The SMILES string of the molecule is Oc1ccc2cccc(Nc3nc4c(Cl)cc(C(F)(F)F)cc4[nH]3)c2c1. The van der Waals surface area contributed by atoms with E-state index in [1.807, 2.05) is 12.1 Å². The number of fused-ring (bicyclic) bond motifs is 2. The van der Waals surface area contributed by atoms with Gasteiger partial charge in [0.25, 0.3) is 0 Å². The van der Waals surface area contributed by atoms with Crippen molar-refractivity contribution in [2.24, 2.45) is 0 Å². The fraction of sp³-hybridized carbons (Fsp3) is 0.0556. The average molecular weight is 378 g/mol. The van der Waals surface area contributed by atoms with Crippen molar-refractivity contribution < 1.29 is 18.3 Å². The van der Waals surface area contributed by atoms with E-state index in [4.69, 9.17) is 11.6 Å². The summed E-state index contributed by atoms with van der Waals surface area (Å²) in [6.45, 7) is 0. The van der Waals surface area contributed by atoms with Gasteiger partial charge in [-0.1, -0.05) is 29.8 Å². The first-order chi connectivity index (χ1) is 12.3. The van der Waals surface area contributed by atoms with Gasteiger partial charge in [-0.05, 0) is 35.7 Å². The third kappa shape index (κ3) is 2.90. The normalized spacial score (nSPS) is 12.0. The molecule has 0 aliphatic carbocycles. The van der Waals surface area contributed by atoms with E-state index in [2.05, 4.69) is 15.3 Å². The van der Waals surface area contributed by atoms with Crippen LogP contribution in [-0.2, 0) is 6.18 Å². The topological polar surface area (TPSA) is 60.9 Å². The van der Waals surface area contributed by atoms with Crippen molar-refractivity contribution in [1.29, 1.82) is 0 Å². The van der Waals surface area contributed by atoms with E-state index in [1.54, 1.807) is 24.3 Å². The second kappa shape index (κ2) is 5.81. The molecule has 4 rings (SSSR count). The first-order valence-electron chi connectivity index (χ1n) is 7.56. The first-order valence-corrected chi connectivity index (χ1v) is 7.94. The summed E-state index contributed by atoms with van der Waals surface area (Å²) < 4.78 is 38.8. The molecular formula is C18H11ClF3N3O. The van der Waals surface area contributed by atoms with Crippen molar-refractivity contribution in [2.45, 2.75) is 6.18 Å². The van der Waals surface area contributed by atoms with Crippen LogP contribution in [0.25, 0.3) is 21.8 Å². The van der Waals surface area contributed by atoms with Crippen LogP contribution < -0.4 is 5.32 Å². The monoisotopic (exact) mass is 377 g/mol. The second-order valence-electron chi connectivity index (χ2n) is 5.77. The van der Waals surface area contributed by atoms with Gasteiger partial charge in [-0.3, -0.25) is 0 Å². The number of imidazole rings is 1. The molecular weight excluding hydrogens is 367 g/mol. The number of hydrogen-bond donors (Lipinski definition) is 3. The van der Waals surface area contributed by atoms with Gasteiger partial charge in [-0.25, -0.2) is 4.98 Å². The van der Waals surface area contributed by atoms with Crippen LogP contribution >= 0.6 is 11.6 Å². The van der Waals surface area contributed by atoms with Gasteiger partial charge in [-0.2, -0.15) is 13.2 Å². The molecule has 26 heavy (non-hydrogen) atoms. The van der Waals surface area contributed by atoms with Gasteiger partial charge < -0.3 is 15.4 Å². The molecule has 0 saturated heterocycles. The van der Waals surface area contributed by atoms with Crippen LogP contribution in [0.5, 0.6) is 5.75 Å². The number of H-pyrrole nitrogens is 1. The average Bonchev–Trinajstić information content (AvgIpc) is 2.98. The second-order valence-corrected chi connectivity index (χ2v) is 6.18. The maximum absolute atomic E-state index is 12.9. The Morgan fingerprint density at radius 3 is 2.65 bits per heavy atom. The number of nitrogens with zero attached hydrogens (tertiary/aromatic N) is 1. The molecule has 0 atom stereocenters. The number of halogens is 4. The minimum absolute atomic E-state index is 0.0883. The molecule has 4 aromatic rings. The van der Waals surface area contributed by atoms with Crippen LogP contribution in [0.2, 0.25) is 5.02 Å². The van der Waals surface area contributed by atoms with Gasteiger partial charge >= 0.3 is 6.18 Å². The summed E-state index contributed by atoms with van der Waals surface area (Å²) in [4.78, 5) is 7.04. The van der Waals surface area contributed by atoms with Crippen molar-refractivity contribution in [3.63, 3.8) is 0 Å². The van der Waals surface area contributed by atoms with Crippen LogP contribution in [0, 0.1) is 0 Å². The maximum Gasteiger partial charge on any atom is 0.416 e. The maximum atomic E-state index is 12.9. The molecule has 0 amide bonds. The largest absolute Gasteiger partial charge is 0.508 e. The number of alkyl halides is 3. The molecule has 0 bridgehead atoms. The van der Waals surface area contributed by atoms with Crippen LogP contribution in [0.1, 0.15) is 5.56 Å². The number of aromatic hydroxyl groups is 1. The predicted molar refractivity (Wildman–Crippen MR) is 95.0 cm³/mol. The van der Waals surface area contributed by atoms with E-state index in [0.717, 1.165) is 22.9 Å². The zero-order chi connectivity index (χ0) is 18.5. The third-order valence-corrected chi connectivity index (χ3v) is 4.27.